The van der Waals surface area contributed by atoms with Gasteiger partial charge >= 0.3 is 5.69 Å². The lowest BCUT2D eigenvalue weighted by molar-refractivity contribution is -0.385. The van der Waals surface area contributed by atoms with Crippen LogP contribution in [-0.2, 0) is 6.54 Å². The third-order valence-corrected chi connectivity index (χ3v) is 3.28. The van der Waals surface area contributed by atoms with Crippen molar-refractivity contribution in [2.24, 2.45) is 5.92 Å². The lowest BCUT2D eigenvalue weighted by atomic mass is 10.1. The molecule has 1 unspecified atom stereocenters. The molecule has 118 valence electrons. The van der Waals surface area contributed by atoms with Gasteiger partial charge in [-0.05, 0) is 36.9 Å². The van der Waals surface area contributed by atoms with E-state index >= 15 is 0 Å². The molecule has 0 aromatic heterocycles. The molecule has 0 aliphatic carbocycles. The van der Waals surface area contributed by atoms with E-state index in [1.54, 1.807) is 12.1 Å². The lowest BCUT2D eigenvalue weighted by Crippen LogP contribution is -2.14. The molecule has 1 atom stereocenters. The van der Waals surface area contributed by atoms with Gasteiger partial charge in [0, 0.05) is 12.6 Å². The Balaban J connectivity index is 2.76. The topological polar surface area (TPSA) is 64.4 Å². The van der Waals surface area contributed by atoms with Gasteiger partial charge in [0.1, 0.15) is 0 Å². The van der Waals surface area contributed by atoms with Gasteiger partial charge in [-0.3, -0.25) is 10.1 Å². The van der Waals surface area contributed by atoms with Crippen molar-refractivity contribution in [3.8, 4) is 5.75 Å². The predicted molar refractivity (Wildman–Crippen MR) is 84.7 cm³/mol. The Morgan fingerprint density at radius 2 is 2.10 bits per heavy atom. The van der Waals surface area contributed by atoms with Crippen molar-refractivity contribution < 1.29 is 9.66 Å². The smallest absolute Gasteiger partial charge is 0.310 e. The largest absolute Gasteiger partial charge is 0.487 e. The van der Waals surface area contributed by atoms with Gasteiger partial charge in [0.15, 0.2) is 5.75 Å². The van der Waals surface area contributed by atoms with Gasteiger partial charge in [-0.15, -0.1) is 0 Å². The zero-order valence-electron chi connectivity index (χ0n) is 13.2. The van der Waals surface area contributed by atoms with Crippen LogP contribution in [0, 0.1) is 16.0 Å². The number of ether oxygens (including phenoxy) is 1. The molecule has 0 radical (unpaired) electrons. The standard InChI is InChI=1S/C16H26N2O3/c1-4-6-13(3)12-21-16-10-14(11-17-9-5-2)7-8-15(16)18(19)20/h7-8,10,13,17H,4-6,9,11-12H2,1-3H3. The Morgan fingerprint density at radius 3 is 2.71 bits per heavy atom. The van der Waals surface area contributed by atoms with E-state index in [0.29, 0.717) is 24.8 Å². The van der Waals surface area contributed by atoms with E-state index in [1.165, 1.54) is 6.07 Å². The van der Waals surface area contributed by atoms with E-state index in [4.69, 9.17) is 4.74 Å². The molecule has 5 heteroatoms. The van der Waals surface area contributed by atoms with E-state index in [1.807, 2.05) is 0 Å². The molecule has 1 aromatic rings. The number of nitro benzene ring substituents is 1. The maximum absolute atomic E-state index is 11.1. The molecule has 0 saturated heterocycles. The number of nitrogens with one attached hydrogen (secondary N) is 1. The van der Waals surface area contributed by atoms with Crippen molar-refractivity contribution in [2.75, 3.05) is 13.2 Å². The van der Waals surface area contributed by atoms with Crippen LogP contribution in [0.25, 0.3) is 0 Å². The van der Waals surface area contributed by atoms with Gasteiger partial charge in [0.25, 0.3) is 0 Å². The van der Waals surface area contributed by atoms with Crippen LogP contribution in [0.1, 0.15) is 45.6 Å². The maximum atomic E-state index is 11.1. The fourth-order valence-corrected chi connectivity index (χ4v) is 2.15. The summed E-state index contributed by atoms with van der Waals surface area (Å²) >= 11 is 0. The third kappa shape index (κ3) is 6.12. The number of rotatable bonds is 10. The van der Waals surface area contributed by atoms with Gasteiger partial charge in [-0.2, -0.15) is 0 Å². The Morgan fingerprint density at radius 1 is 1.33 bits per heavy atom. The van der Waals surface area contributed by atoms with E-state index in [9.17, 15) is 10.1 Å². The van der Waals surface area contributed by atoms with Crippen LogP contribution < -0.4 is 10.1 Å². The predicted octanol–water partition coefficient (Wildman–Crippen LogP) is 3.91. The number of benzene rings is 1. The van der Waals surface area contributed by atoms with Crippen molar-refractivity contribution >= 4 is 5.69 Å². The molecule has 1 aromatic carbocycles. The van der Waals surface area contributed by atoms with E-state index in [0.717, 1.165) is 31.4 Å². The second kappa shape index (κ2) is 9.34. The highest BCUT2D eigenvalue weighted by Gasteiger charge is 2.16. The summed E-state index contributed by atoms with van der Waals surface area (Å²) in [5.74, 6) is 0.773. The first-order chi connectivity index (χ1) is 10.1. The van der Waals surface area contributed by atoms with Crippen LogP contribution in [0.5, 0.6) is 5.75 Å². The summed E-state index contributed by atoms with van der Waals surface area (Å²) in [6.07, 6.45) is 3.21. The first kappa shape index (κ1) is 17.4. The summed E-state index contributed by atoms with van der Waals surface area (Å²) in [6.45, 7) is 8.47. The minimum absolute atomic E-state index is 0.0398. The maximum Gasteiger partial charge on any atom is 0.310 e. The molecule has 5 nitrogen and oxygen atoms in total. The quantitative estimate of drug-likeness (QED) is 0.404. The molecule has 0 fully saturated rings. The molecule has 0 heterocycles. The van der Waals surface area contributed by atoms with Crippen molar-refractivity contribution in [1.82, 2.24) is 5.32 Å². The van der Waals surface area contributed by atoms with Crippen molar-refractivity contribution in [3.05, 3.63) is 33.9 Å². The fraction of sp³-hybridized carbons (Fsp3) is 0.625. The van der Waals surface area contributed by atoms with Crippen LogP contribution in [-0.4, -0.2) is 18.1 Å². The summed E-state index contributed by atoms with van der Waals surface area (Å²) in [5, 5.41) is 14.4. The Kier molecular flexibility index (Phi) is 7.75. The number of nitro groups is 1. The first-order valence-electron chi connectivity index (χ1n) is 7.69. The highest BCUT2D eigenvalue weighted by atomic mass is 16.6. The third-order valence-electron chi connectivity index (χ3n) is 3.28. The summed E-state index contributed by atoms with van der Waals surface area (Å²) in [4.78, 5) is 10.7. The Bertz CT molecular complexity index is 449. The number of hydrogen-bond donors (Lipinski definition) is 1. The lowest BCUT2D eigenvalue weighted by Gasteiger charge is -2.13. The minimum Gasteiger partial charge on any atom is -0.487 e. The average molecular weight is 294 g/mol. The van der Waals surface area contributed by atoms with Gasteiger partial charge in [-0.25, -0.2) is 0 Å². The highest BCUT2D eigenvalue weighted by Crippen LogP contribution is 2.28. The van der Waals surface area contributed by atoms with E-state index < -0.39 is 0 Å². The molecule has 1 N–H and O–H groups in total. The van der Waals surface area contributed by atoms with Crippen molar-refractivity contribution in [3.63, 3.8) is 0 Å². The Labute approximate surface area is 126 Å². The average Bonchev–Trinajstić information content (AvgIpc) is 2.45. The molecular formula is C16H26N2O3. The second-order valence-electron chi connectivity index (χ2n) is 5.44. The number of nitrogens with zero attached hydrogens (tertiary/aromatic N) is 1. The fourth-order valence-electron chi connectivity index (χ4n) is 2.15. The van der Waals surface area contributed by atoms with E-state index in [-0.39, 0.29) is 10.6 Å². The van der Waals surface area contributed by atoms with Gasteiger partial charge in [0.05, 0.1) is 11.5 Å². The normalized spacial score (nSPS) is 12.1. The summed E-state index contributed by atoms with van der Waals surface area (Å²) in [5.41, 5.74) is 1.05. The molecule has 1 rings (SSSR count). The van der Waals surface area contributed by atoms with Gasteiger partial charge in [-0.1, -0.05) is 33.3 Å². The molecule has 21 heavy (non-hydrogen) atoms. The molecule has 0 aliphatic heterocycles. The van der Waals surface area contributed by atoms with E-state index in [2.05, 4.69) is 26.1 Å². The molecular weight excluding hydrogens is 268 g/mol. The first-order valence-corrected chi connectivity index (χ1v) is 7.69. The molecule has 0 spiro atoms. The highest BCUT2D eigenvalue weighted by molar-refractivity contribution is 5.48. The van der Waals surface area contributed by atoms with Crippen molar-refractivity contribution in [2.45, 2.75) is 46.6 Å². The zero-order valence-corrected chi connectivity index (χ0v) is 13.2. The van der Waals surface area contributed by atoms with Crippen LogP contribution in [0.4, 0.5) is 5.69 Å². The monoisotopic (exact) mass is 294 g/mol. The molecule has 0 amide bonds. The minimum atomic E-state index is -0.386. The van der Waals surface area contributed by atoms with Crippen LogP contribution in [0.2, 0.25) is 0 Å². The van der Waals surface area contributed by atoms with Gasteiger partial charge < -0.3 is 10.1 Å². The van der Waals surface area contributed by atoms with Crippen molar-refractivity contribution in [1.29, 1.82) is 0 Å². The molecule has 0 saturated carbocycles. The SMILES string of the molecule is CCCNCc1ccc([N+](=O)[O-])c(OCC(C)CCC)c1. The van der Waals surface area contributed by atoms with Crippen LogP contribution in [0.3, 0.4) is 0 Å². The van der Waals surface area contributed by atoms with Crippen LogP contribution >= 0.6 is 0 Å². The second-order valence-corrected chi connectivity index (χ2v) is 5.44. The summed E-state index contributed by atoms with van der Waals surface area (Å²) in [7, 11) is 0. The zero-order chi connectivity index (χ0) is 15.7. The summed E-state index contributed by atoms with van der Waals surface area (Å²) in [6, 6.07) is 5.09. The Hall–Kier alpha value is -1.62. The molecule has 0 bridgehead atoms. The van der Waals surface area contributed by atoms with Crippen LogP contribution in [0.15, 0.2) is 18.2 Å². The molecule has 0 aliphatic rings. The van der Waals surface area contributed by atoms with Gasteiger partial charge in [0.2, 0.25) is 0 Å². The number of hydrogen-bond acceptors (Lipinski definition) is 4. The summed E-state index contributed by atoms with van der Waals surface area (Å²) < 4.78 is 5.69.